The van der Waals surface area contributed by atoms with E-state index in [1.807, 2.05) is 31.1 Å². The molecule has 3 heterocycles. The highest BCUT2D eigenvalue weighted by Crippen LogP contribution is 2.38. The second-order valence-corrected chi connectivity index (χ2v) is 10.6. The Morgan fingerprint density at radius 3 is 2.67 bits per heavy atom. The van der Waals surface area contributed by atoms with Gasteiger partial charge in [0.15, 0.2) is 5.75 Å². The number of hydrogen-bond donors (Lipinski definition) is 4. The van der Waals surface area contributed by atoms with Crippen LogP contribution in [0.2, 0.25) is 0 Å². The van der Waals surface area contributed by atoms with Crippen LogP contribution >= 0.6 is 0 Å². The van der Waals surface area contributed by atoms with Gasteiger partial charge in [0, 0.05) is 30.9 Å². The fraction of sp³-hybridized carbons (Fsp3) is 0.310. The number of methoxy groups -OCH3 is 1. The number of aromatic amines is 2. The molecule has 4 aromatic rings. The second-order valence-electron chi connectivity index (χ2n) is 10.6. The lowest BCUT2D eigenvalue weighted by atomic mass is 10.1. The summed E-state index contributed by atoms with van der Waals surface area (Å²) in [6.45, 7) is 4.33. The number of ether oxygens (including phenoxy) is 1. The van der Waals surface area contributed by atoms with Crippen molar-refractivity contribution < 1.29 is 28.1 Å². The van der Waals surface area contributed by atoms with Crippen molar-refractivity contribution in [3.8, 4) is 5.75 Å². The van der Waals surface area contributed by atoms with Crippen molar-refractivity contribution in [3.63, 3.8) is 0 Å². The maximum Gasteiger partial charge on any atom is 0.351 e. The molecule has 0 spiro atoms. The van der Waals surface area contributed by atoms with E-state index < -0.39 is 17.5 Å². The highest BCUT2D eigenvalue weighted by molar-refractivity contribution is 6.02. The maximum atomic E-state index is 14.9. The second kappa shape index (κ2) is 11.6. The molecule has 0 saturated heterocycles. The molecule has 2 amide bonds. The monoisotopic (exact) mass is 579 g/mol. The molecule has 0 unspecified atom stereocenters. The number of fused-ring (bicyclic) bond motifs is 2. The van der Waals surface area contributed by atoms with Crippen molar-refractivity contribution in [2.75, 3.05) is 49.8 Å². The third kappa shape index (κ3) is 5.81. The molecule has 220 valence electrons. The van der Waals surface area contributed by atoms with Gasteiger partial charge in [-0.3, -0.25) is 19.9 Å². The van der Waals surface area contributed by atoms with E-state index in [-0.39, 0.29) is 41.5 Å². The number of H-pyrrole nitrogens is 2. The average Bonchev–Trinajstić information content (AvgIpc) is 3.54. The number of anilines is 5. The van der Waals surface area contributed by atoms with Gasteiger partial charge in [-0.15, -0.1) is 0 Å². The van der Waals surface area contributed by atoms with Gasteiger partial charge in [0.1, 0.15) is 17.3 Å². The van der Waals surface area contributed by atoms with Crippen LogP contribution in [0, 0.1) is 11.6 Å². The van der Waals surface area contributed by atoms with Crippen molar-refractivity contribution in [2.24, 2.45) is 0 Å². The lowest BCUT2D eigenvalue weighted by Crippen LogP contribution is -2.36. The molecule has 5 N–H and O–H groups in total. The van der Waals surface area contributed by atoms with Gasteiger partial charge in [-0.2, -0.15) is 0 Å². The van der Waals surface area contributed by atoms with E-state index >= 15 is 0 Å². The zero-order valence-electron chi connectivity index (χ0n) is 24.0. The summed E-state index contributed by atoms with van der Waals surface area (Å²) < 4.78 is 34.8. The van der Waals surface area contributed by atoms with Crippen LogP contribution in [0.1, 0.15) is 29.8 Å². The zero-order valence-corrected chi connectivity index (χ0v) is 24.0. The Kier molecular flexibility index (Phi) is 7.94. The quantitative estimate of drug-likeness (QED) is 0.238. The molecular formula is C29H33F2N8O3+. The van der Waals surface area contributed by atoms with Gasteiger partial charge >= 0.3 is 5.95 Å². The minimum Gasteiger partial charge on any atom is -0.493 e. The van der Waals surface area contributed by atoms with Crippen molar-refractivity contribution in [3.05, 3.63) is 59.3 Å². The number of carbonyl (C=O) groups is 2. The highest BCUT2D eigenvalue weighted by atomic mass is 19.1. The number of hydrogen-bond acceptors (Lipinski definition) is 7. The summed E-state index contributed by atoms with van der Waals surface area (Å²) in [5.41, 5.74) is 2.46. The normalized spacial score (nSPS) is 12.6. The van der Waals surface area contributed by atoms with Gasteiger partial charge in [0.25, 0.3) is 5.91 Å². The van der Waals surface area contributed by atoms with E-state index in [9.17, 15) is 18.4 Å². The number of nitrogens with zero attached hydrogens (tertiary/aromatic N) is 3. The molecule has 13 heteroatoms. The van der Waals surface area contributed by atoms with Crippen LogP contribution in [0.3, 0.4) is 0 Å². The van der Waals surface area contributed by atoms with Crippen molar-refractivity contribution >= 4 is 51.7 Å². The molecular weight excluding hydrogens is 546 g/mol. The summed E-state index contributed by atoms with van der Waals surface area (Å²) in [6, 6.07) is 6.92. The number of carbonyl (C=O) groups excluding carboxylic acids is 2. The summed E-state index contributed by atoms with van der Waals surface area (Å²) in [5, 5.41) is 9.40. The third-order valence-corrected chi connectivity index (χ3v) is 6.73. The predicted molar refractivity (Wildman–Crippen MR) is 156 cm³/mol. The van der Waals surface area contributed by atoms with E-state index in [1.54, 1.807) is 38.1 Å². The molecule has 1 aliphatic heterocycles. The molecule has 0 bridgehead atoms. The fourth-order valence-electron chi connectivity index (χ4n) is 4.93. The molecule has 11 nitrogen and oxygen atoms in total. The topological polar surface area (TPSA) is 129 Å². The van der Waals surface area contributed by atoms with Crippen LogP contribution in [0.5, 0.6) is 5.75 Å². The molecule has 2 aromatic carbocycles. The third-order valence-electron chi connectivity index (χ3n) is 6.73. The van der Waals surface area contributed by atoms with Crippen LogP contribution in [0.25, 0.3) is 11.0 Å². The minimum absolute atomic E-state index is 0.0153. The molecule has 0 radical (unpaired) electrons. The Bertz CT molecular complexity index is 1670. The first-order chi connectivity index (χ1) is 20.0. The molecule has 0 atom stereocenters. The van der Waals surface area contributed by atoms with E-state index in [4.69, 9.17) is 4.74 Å². The Morgan fingerprint density at radius 1 is 1.17 bits per heavy atom. The van der Waals surface area contributed by atoms with E-state index in [0.717, 1.165) is 17.3 Å². The molecule has 42 heavy (non-hydrogen) atoms. The predicted octanol–water partition coefficient (Wildman–Crippen LogP) is 3.74. The fourth-order valence-corrected chi connectivity index (χ4v) is 4.93. The van der Waals surface area contributed by atoms with Gasteiger partial charge in [-0.1, -0.05) is 4.98 Å². The lowest BCUT2D eigenvalue weighted by molar-refractivity contribution is -0.333. The number of aromatic nitrogens is 3. The molecule has 2 aromatic heterocycles. The van der Waals surface area contributed by atoms with Gasteiger partial charge in [-0.25, -0.2) is 13.8 Å². The van der Waals surface area contributed by atoms with Gasteiger partial charge in [-0.05, 0) is 58.1 Å². The number of likely N-dealkylation sites (N-methyl/N-ethyl adjacent to an activating group) is 1. The first-order valence-corrected chi connectivity index (χ1v) is 13.4. The van der Waals surface area contributed by atoms with Gasteiger partial charge < -0.3 is 25.2 Å². The lowest BCUT2D eigenvalue weighted by Gasteiger charge is -2.20. The van der Waals surface area contributed by atoms with E-state index in [1.165, 1.54) is 0 Å². The first-order valence-electron chi connectivity index (χ1n) is 13.4. The van der Waals surface area contributed by atoms with Crippen LogP contribution in [-0.4, -0.2) is 67.0 Å². The molecule has 1 aliphatic rings. The van der Waals surface area contributed by atoms with Crippen molar-refractivity contribution in [1.29, 1.82) is 0 Å². The zero-order chi connectivity index (χ0) is 30.1. The van der Waals surface area contributed by atoms with Crippen LogP contribution in [0.4, 0.5) is 37.6 Å². The summed E-state index contributed by atoms with van der Waals surface area (Å²) >= 11 is 0. The number of nitrogens with one attached hydrogen (secondary N) is 5. The highest BCUT2D eigenvalue weighted by Gasteiger charge is 2.28. The Morgan fingerprint density at radius 2 is 1.95 bits per heavy atom. The van der Waals surface area contributed by atoms with Gasteiger partial charge in [0.05, 0.1) is 36.0 Å². The van der Waals surface area contributed by atoms with E-state index in [2.05, 4.69) is 30.9 Å². The first kappa shape index (κ1) is 28.7. The molecule has 0 saturated carbocycles. The van der Waals surface area contributed by atoms with Crippen LogP contribution in [0.15, 0.2) is 36.5 Å². The van der Waals surface area contributed by atoms with Crippen LogP contribution < -0.4 is 30.6 Å². The maximum absolute atomic E-state index is 14.9. The molecule has 0 fully saturated rings. The Labute approximate surface area is 241 Å². The standard InChI is InChI=1S/C29H32F2N8O3/c1-15(2)33-28(41)25-19(31)11-17(30)12-21(25)34-27-18-6-8-32-26(18)36-29(37-27)35-20-13-22-16(10-23(20)42-5)7-9-39(22)24(40)14-38(3)4/h6,8,10-13,15H,7,9,14H2,1-5H3,(H,33,41)(H3,32,34,35,36,37)/p+1. The number of halogens is 2. The summed E-state index contributed by atoms with van der Waals surface area (Å²) in [5.74, 6) is -1.51. The largest absolute Gasteiger partial charge is 0.493 e. The smallest absolute Gasteiger partial charge is 0.351 e. The van der Waals surface area contributed by atoms with Gasteiger partial charge in [0.2, 0.25) is 17.4 Å². The number of benzene rings is 2. The van der Waals surface area contributed by atoms with Crippen molar-refractivity contribution in [2.45, 2.75) is 26.3 Å². The number of amides is 2. The SMILES string of the molecule is COc1cc2c(cc1Nc1nc(Nc3cc(F)cc(F)c3C(=O)NC(C)C)c3cc[nH]c3[nH+]1)N(C(=O)CN(C)C)CC2. The summed E-state index contributed by atoms with van der Waals surface area (Å²) in [6.07, 6.45) is 2.38. The number of rotatable bonds is 9. The average molecular weight is 580 g/mol. The summed E-state index contributed by atoms with van der Waals surface area (Å²) in [4.78, 5) is 40.1. The summed E-state index contributed by atoms with van der Waals surface area (Å²) in [7, 11) is 5.24. The van der Waals surface area contributed by atoms with E-state index in [0.29, 0.717) is 41.5 Å². The molecule has 5 rings (SSSR count). The minimum atomic E-state index is -1.00. The van der Waals surface area contributed by atoms with Crippen molar-refractivity contribution in [1.82, 2.24) is 20.2 Å². The Hall–Kier alpha value is -4.78. The van der Waals surface area contributed by atoms with Crippen LogP contribution in [-0.2, 0) is 11.2 Å². The Balaban J connectivity index is 1.53. The molecule has 0 aliphatic carbocycles.